The van der Waals surface area contributed by atoms with Crippen LogP contribution in [0.3, 0.4) is 0 Å². The van der Waals surface area contributed by atoms with Crippen LogP contribution in [0.2, 0.25) is 0 Å². The Morgan fingerprint density at radius 2 is 1.53 bits per heavy atom. The van der Waals surface area contributed by atoms with Crippen LogP contribution in [0.1, 0.15) is 25.7 Å². The van der Waals surface area contributed by atoms with Crippen LogP contribution in [0.25, 0.3) is 0 Å². The number of amides is 1. The van der Waals surface area contributed by atoms with E-state index in [0.717, 1.165) is 0 Å². The van der Waals surface area contributed by atoms with E-state index >= 15 is 0 Å². The van der Waals surface area contributed by atoms with Gasteiger partial charge in [-0.2, -0.15) is 0 Å². The predicted octanol–water partition coefficient (Wildman–Crippen LogP) is -0.849. The summed E-state index contributed by atoms with van der Waals surface area (Å²) in [6, 6.07) is 0. The van der Waals surface area contributed by atoms with E-state index in [1.807, 2.05) is 0 Å². The smallest absolute Gasteiger partial charge is 0.303 e. The van der Waals surface area contributed by atoms with E-state index in [-0.39, 0.29) is 25.7 Å². The molecule has 0 aromatic heterocycles. The highest BCUT2D eigenvalue weighted by Crippen LogP contribution is 1.96. The van der Waals surface area contributed by atoms with Crippen molar-refractivity contribution in [3.05, 3.63) is 0 Å². The van der Waals surface area contributed by atoms with Gasteiger partial charge in [0.15, 0.2) is 0 Å². The van der Waals surface area contributed by atoms with Gasteiger partial charge in [0, 0.05) is 19.3 Å². The summed E-state index contributed by atoms with van der Waals surface area (Å²) in [5, 5.41) is 27.7. The lowest BCUT2D eigenvalue weighted by molar-refractivity contribution is -0.139. The minimum absolute atomic E-state index is 0.103. The van der Waals surface area contributed by atoms with Crippen molar-refractivity contribution in [2.24, 2.45) is 0 Å². The number of carbonyl (C=O) groups is 3. The van der Waals surface area contributed by atoms with Gasteiger partial charge in [-0.05, 0) is 0 Å². The molecule has 7 nitrogen and oxygen atoms in total. The lowest BCUT2D eigenvalue weighted by Gasteiger charge is -2.10. The predicted molar refractivity (Wildman–Crippen MR) is 47.9 cm³/mol. The number of carboxylic acids is 2. The molecule has 0 saturated carbocycles. The summed E-state index contributed by atoms with van der Waals surface area (Å²) in [6.07, 6.45) is -2.17. The summed E-state index contributed by atoms with van der Waals surface area (Å²) in [5.41, 5.74) is 0. The van der Waals surface area contributed by atoms with Gasteiger partial charge in [-0.3, -0.25) is 14.4 Å². The maximum absolute atomic E-state index is 10.9. The molecule has 0 rings (SSSR count). The maximum Gasteiger partial charge on any atom is 0.303 e. The number of carboxylic acid groups (broad SMARTS) is 2. The number of aliphatic carboxylic acids is 2. The molecular formula is C8H13NO6. The Labute approximate surface area is 85.7 Å². The molecule has 0 bridgehead atoms. The summed E-state index contributed by atoms with van der Waals surface area (Å²) in [6.45, 7) is 0. The Morgan fingerprint density at radius 3 is 2.00 bits per heavy atom. The third-order valence-electron chi connectivity index (χ3n) is 1.53. The van der Waals surface area contributed by atoms with Crippen LogP contribution in [-0.4, -0.2) is 39.4 Å². The Bertz CT molecular complexity index is 252. The number of nitrogens with one attached hydrogen (secondary N) is 1. The van der Waals surface area contributed by atoms with Gasteiger partial charge in [0.05, 0.1) is 6.42 Å². The average molecular weight is 219 g/mol. The van der Waals surface area contributed by atoms with Crippen LogP contribution in [0.15, 0.2) is 0 Å². The highest BCUT2D eigenvalue weighted by molar-refractivity contribution is 5.80. The van der Waals surface area contributed by atoms with Gasteiger partial charge in [0.25, 0.3) is 0 Å². The second kappa shape index (κ2) is 6.77. The van der Waals surface area contributed by atoms with E-state index in [1.54, 1.807) is 0 Å². The second-order valence-corrected chi connectivity index (χ2v) is 2.91. The van der Waals surface area contributed by atoms with Gasteiger partial charge in [-0.15, -0.1) is 0 Å². The van der Waals surface area contributed by atoms with Crippen molar-refractivity contribution in [1.29, 1.82) is 0 Å². The van der Waals surface area contributed by atoms with E-state index < -0.39 is 24.1 Å². The van der Waals surface area contributed by atoms with E-state index in [1.165, 1.54) is 0 Å². The third kappa shape index (κ3) is 8.69. The fourth-order valence-electron chi connectivity index (χ4n) is 0.811. The third-order valence-corrected chi connectivity index (χ3v) is 1.53. The number of aliphatic hydroxyl groups excluding tert-OH is 1. The number of aliphatic hydroxyl groups is 1. The normalized spacial score (nSPS) is 11.8. The van der Waals surface area contributed by atoms with E-state index in [0.29, 0.717) is 0 Å². The highest BCUT2D eigenvalue weighted by Gasteiger charge is 2.11. The fraction of sp³-hybridized carbons (Fsp3) is 0.625. The molecule has 0 saturated heterocycles. The summed E-state index contributed by atoms with van der Waals surface area (Å²) in [5.74, 6) is -2.80. The zero-order valence-corrected chi connectivity index (χ0v) is 7.97. The molecule has 0 aliphatic heterocycles. The maximum atomic E-state index is 10.9. The van der Waals surface area contributed by atoms with Gasteiger partial charge in [-0.25, -0.2) is 0 Å². The molecule has 0 fully saturated rings. The first-order valence-corrected chi connectivity index (χ1v) is 4.33. The molecule has 0 radical (unpaired) electrons. The van der Waals surface area contributed by atoms with Crippen LogP contribution in [0, 0.1) is 0 Å². The lowest BCUT2D eigenvalue weighted by Crippen LogP contribution is -2.35. The summed E-state index contributed by atoms with van der Waals surface area (Å²) in [4.78, 5) is 31.1. The monoisotopic (exact) mass is 219 g/mol. The van der Waals surface area contributed by atoms with Gasteiger partial charge in [0.2, 0.25) is 5.91 Å². The molecule has 0 aliphatic rings. The first-order chi connectivity index (χ1) is 6.91. The highest BCUT2D eigenvalue weighted by atomic mass is 16.4. The molecule has 0 aliphatic carbocycles. The van der Waals surface area contributed by atoms with Crippen LogP contribution < -0.4 is 5.32 Å². The molecule has 1 atom stereocenters. The Kier molecular flexibility index (Phi) is 6.03. The topological polar surface area (TPSA) is 124 Å². The van der Waals surface area contributed by atoms with Gasteiger partial charge in [0.1, 0.15) is 6.23 Å². The Balaban J connectivity index is 3.66. The van der Waals surface area contributed by atoms with Crippen molar-refractivity contribution in [2.75, 3.05) is 0 Å². The minimum Gasteiger partial charge on any atom is -0.481 e. The summed E-state index contributed by atoms with van der Waals surface area (Å²) in [7, 11) is 0. The molecular weight excluding hydrogens is 206 g/mol. The second-order valence-electron chi connectivity index (χ2n) is 2.91. The molecule has 7 heteroatoms. The molecule has 1 amide bonds. The van der Waals surface area contributed by atoms with Crippen LogP contribution >= 0.6 is 0 Å². The van der Waals surface area contributed by atoms with Crippen molar-refractivity contribution in [2.45, 2.75) is 31.9 Å². The van der Waals surface area contributed by atoms with Crippen molar-refractivity contribution in [3.8, 4) is 0 Å². The van der Waals surface area contributed by atoms with E-state index in [4.69, 9.17) is 15.3 Å². The average Bonchev–Trinajstić information content (AvgIpc) is 2.11. The van der Waals surface area contributed by atoms with Gasteiger partial charge in [-0.1, -0.05) is 0 Å². The van der Waals surface area contributed by atoms with Crippen molar-refractivity contribution >= 4 is 17.8 Å². The molecule has 4 N–H and O–H groups in total. The number of carbonyl (C=O) groups excluding carboxylic acids is 1. The summed E-state index contributed by atoms with van der Waals surface area (Å²) >= 11 is 0. The Hall–Kier alpha value is -1.63. The van der Waals surface area contributed by atoms with Crippen molar-refractivity contribution < 1.29 is 29.7 Å². The minimum atomic E-state index is -1.25. The van der Waals surface area contributed by atoms with Crippen molar-refractivity contribution in [3.63, 3.8) is 0 Å². The first-order valence-electron chi connectivity index (χ1n) is 4.33. The number of hydrogen-bond acceptors (Lipinski definition) is 4. The quantitative estimate of drug-likeness (QED) is 0.413. The molecule has 15 heavy (non-hydrogen) atoms. The van der Waals surface area contributed by atoms with Crippen LogP contribution in [-0.2, 0) is 14.4 Å². The fourth-order valence-corrected chi connectivity index (χ4v) is 0.811. The SMILES string of the molecule is O=C(O)CCC(=O)NC(O)CCC(=O)O. The molecule has 0 aromatic rings. The molecule has 86 valence electrons. The molecule has 0 spiro atoms. The van der Waals surface area contributed by atoms with Gasteiger partial charge >= 0.3 is 11.9 Å². The number of rotatable bonds is 7. The zero-order chi connectivity index (χ0) is 11.8. The summed E-state index contributed by atoms with van der Waals surface area (Å²) < 4.78 is 0. The first kappa shape index (κ1) is 13.4. The zero-order valence-electron chi connectivity index (χ0n) is 7.97. The van der Waals surface area contributed by atoms with Crippen LogP contribution in [0.4, 0.5) is 0 Å². The molecule has 0 aromatic carbocycles. The van der Waals surface area contributed by atoms with Crippen LogP contribution in [0.5, 0.6) is 0 Å². The Morgan fingerprint density at radius 1 is 1.00 bits per heavy atom. The standard InChI is InChI=1S/C8H13NO6/c10-5(1-3-7(12)13)9-6(11)2-4-8(14)15/h5,10H,1-4H2,(H,9,11)(H,12,13)(H,14,15). The molecule has 0 heterocycles. The van der Waals surface area contributed by atoms with E-state index in [9.17, 15) is 14.4 Å². The molecule has 1 unspecified atom stereocenters. The largest absolute Gasteiger partial charge is 0.481 e. The van der Waals surface area contributed by atoms with E-state index in [2.05, 4.69) is 5.32 Å². The van der Waals surface area contributed by atoms with Crippen molar-refractivity contribution in [1.82, 2.24) is 5.32 Å². The number of hydrogen-bond donors (Lipinski definition) is 4. The van der Waals surface area contributed by atoms with Gasteiger partial charge < -0.3 is 20.6 Å². The lowest BCUT2D eigenvalue weighted by atomic mass is 10.2.